The molecule has 0 radical (unpaired) electrons. The van der Waals surface area contributed by atoms with Crippen molar-refractivity contribution in [3.63, 3.8) is 0 Å². The monoisotopic (exact) mass is 484 g/mol. The zero-order chi connectivity index (χ0) is 25.8. The van der Waals surface area contributed by atoms with Crippen LogP contribution in [0, 0.1) is 0 Å². The lowest BCUT2D eigenvalue weighted by Gasteiger charge is -2.34. The van der Waals surface area contributed by atoms with Crippen molar-refractivity contribution in [1.29, 1.82) is 0 Å². The van der Waals surface area contributed by atoms with Gasteiger partial charge in [0.15, 0.2) is 0 Å². The molecule has 0 spiro atoms. The van der Waals surface area contributed by atoms with E-state index in [0.717, 1.165) is 23.5 Å². The maximum Gasteiger partial charge on any atom is 0.293 e. The molecular weight excluding hydrogens is 448 g/mol. The average molecular weight is 485 g/mol. The van der Waals surface area contributed by atoms with Crippen LogP contribution in [0.5, 0.6) is 0 Å². The predicted octanol–water partition coefficient (Wildman–Crippen LogP) is 1.79. The molecule has 3 rings (SSSR count). The molecule has 0 bridgehead atoms. The Morgan fingerprint density at radius 3 is 2.31 bits per heavy atom. The van der Waals surface area contributed by atoms with Crippen molar-refractivity contribution in [1.82, 2.24) is 4.90 Å². The minimum Gasteiger partial charge on any atom is -0.462 e. The molecule has 1 aliphatic rings. The van der Waals surface area contributed by atoms with Crippen LogP contribution in [0.2, 0.25) is 0 Å². The minimum absolute atomic E-state index is 0.0198. The van der Waals surface area contributed by atoms with E-state index in [9.17, 15) is 14.4 Å². The van der Waals surface area contributed by atoms with Gasteiger partial charge in [0.1, 0.15) is 5.60 Å². The summed E-state index contributed by atoms with van der Waals surface area (Å²) in [7, 11) is 0. The van der Waals surface area contributed by atoms with Crippen LogP contribution in [0.3, 0.4) is 0 Å². The van der Waals surface area contributed by atoms with Crippen LogP contribution in [0.1, 0.15) is 26.3 Å². The smallest absolute Gasteiger partial charge is 0.293 e. The Bertz CT molecular complexity index is 944. The highest BCUT2D eigenvalue weighted by atomic mass is 16.5. The molecule has 9 heteroatoms. The number of nitrogens with two attached hydrogens (primary N) is 1. The molecule has 9 nitrogen and oxygen atoms in total. The number of carbonyl (C=O) groups excluding carboxylic acids is 3. The van der Waals surface area contributed by atoms with Gasteiger partial charge in [-0.2, -0.15) is 0 Å². The molecule has 0 saturated carbocycles. The van der Waals surface area contributed by atoms with Crippen molar-refractivity contribution in [2.24, 2.45) is 5.73 Å². The first kappa shape index (κ1) is 28.0. The molecule has 0 aliphatic carbocycles. The first-order valence-corrected chi connectivity index (χ1v) is 11.6. The van der Waals surface area contributed by atoms with Gasteiger partial charge in [-0.15, -0.1) is 0 Å². The van der Waals surface area contributed by atoms with Gasteiger partial charge in [-0.05, 0) is 57.0 Å². The lowest BCUT2D eigenvalue weighted by molar-refractivity contribution is -0.138. The number of amides is 2. The number of anilines is 2. The quantitative estimate of drug-likeness (QED) is 0.488. The van der Waals surface area contributed by atoms with E-state index in [1.54, 1.807) is 4.90 Å². The number of β-amino-alcohol motifs (C(OH)–C–C–N with tert-alkyl or cyclic N) is 1. The van der Waals surface area contributed by atoms with Gasteiger partial charge in [0.25, 0.3) is 6.47 Å². The Labute approximate surface area is 206 Å². The summed E-state index contributed by atoms with van der Waals surface area (Å²) in [5.74, 6) is -0.211. The number of aliphatic hydroxyl groups excluding tert-OH is 1. The van der Waals surface area contributed by atoms with E-state index >= 15 is 0 Å². The molecule has 2 aromatic rings. The van der Waals surface area contributed by atoms with Crippen LogP contribution in [0.25, 0.3) is 0 Å². The van der Waals surface area contributed by atoms with Crippen molar-refractivity contribution in [2.75, 3.05) is 43.0 Å². The van der Waals surface area contributed by atoms with Crippen LogP contribution >= 0.6 is 0 Å². The third-order valence-corrected chi connectivity index (χ3v) is 5.20. The molecule has 1 saturated heterocycles. The maximum absolute atomic E-state index is 12.3. The zero-order valence-electron chi connectivity index (χ0n) is 20.6. The summed E-state index contributed by atoms with van der Waals surface area (Å²) in [6, 6.07) is 16.1. The highest BCUT2D eigenvalue weighted by Crippen LogP contribution is 2.19. The summed E-state index contributed by atoms with van der Waals surface area (Å²) in [5, 5.41) is 11.8. The fourth-order valence-corrected chi connectivity index (χ4v) is 3.39. The Morgan fingerprint density at radius 1 is 1.14 bits per heavy atom. The molecular formula is C26H36N4O5. The Morgan fingerprint density at radius 2 is 1.80 bits per heavy atom. The number of carbonyl (C=O) groups is 3. The highest BCUT2D eigenvalue weighted by molar-refractivity contribution is 5.96. The first-order chi connectivity index (χ1) is 16.6. The molecule has 2 aromatic carbocycles. The fraction of sp³-hybridized carbons (Fsp3) is 0.423. The van der Waals surface area contributed by atoms with Gasteiger partial charge in [-0.3, -0.25) is 19.3 Å². The van der Waals surface area contributed by atoms with Gasteiger partial charge in [0, 0.05) is 31.0 Å². The standard InChI is InChI=1S/C21H26N4O3.C5H10O2/c22-19(21(28)23-17-4-2-1-3-5-17)14-16-6-8-18(9-7-16)25-11-10-24(12-13-26)15-20(25)27;1-5(2,3)7-4-6/h1-9,19,26H,10-15,22H2,(H,23,28);4H,1-3H3. The number of piperazine rings is 1. The molecule has 1 atom stereocenters. The van der Waals surface area contributed by atoms with Crippen molar-refractivity contribution in [3.05, 3.63) is 60.2 Å². The minimum atomic E-state index is -0.658. The van der Waals surface area contributed by atoms with Gasteiger partial charge >= 0.3 is 0 Å². The lowest BCUT2D eigenvalue weighted by Crippen LogP contribution is -2.51. The second kappa shape index (κ2) is 13.6. The van der Waals surface area contributed by atoms with Gasteiger partial charge in [-0.1, -0.05) is 30.3 Å². The molecule has 4 N–H and O–H groups in total. The van der Waals surface area contributed by atoms with Gasteiger partial charge in [-0.25, -0.2) is 0 Å². The Balaban J connectivity index is 0.000000540. The highest BCUT2D eigenvalue weighted by Gasteiger charge is 2.24. The molecule has 0 aromatic heterocycles. The topological polar surface area (TPSA) is 125 Å². The summed E-state index contributed by atoms with van der Waals surface area (Å²) >= 11 is 0. The summed E-state index contributed by atoms with van der Waals surface area (Å²) in [5.41, 5.74) is 8.21. The molecule has 1 fully saturated rings. The number of aliphatic hydroxyl groups is 1. The zero-order valence-corrected chi connectivity index (χ0v) is 20.6. The number of nitrogens with zero attached hydrogens (tertiary/aromatic N) is 2. The van der Waals surface area contributed by atoms with Crippen molar-refractivity contribution >= 4 is 29.7 Å². The molecule has 1 heterocycles. The third kappa shape index (κ3) is 9.86. The van der Waals surface area contributed by atoms with Gasteiger partial charge in [0.05, 0.1) is 19.2 Å². The van der Waals surface area contributed by atoms with E-state index in [4.69, 9.17) is 10.8 Å². The molecule has 190 valence electrons. The SMILES string of the molecule is CC(C)(C)OC=O.NC(Cc1ccc(N2CCN(CCO)CC2=O)cc1)C(=O)Nc1ccccc1. The van der Waals surface area contributed by atoms with E-state index < -0.39 is 6.04 Å². The normalized spacial score (nSPS) is 15.0. The molecule has 2 amide bonds. The van der Waals surface area contributed by atoms with E-state index in [0.29, 0.717) is 32.5 Å². The first-order valence-electron chi connectivity index (χ1n) is 11.6. The van der Waals surface area contributed by atoms with Crippen LogP contribution in [0.15, 0.2) is 54.6 Å². The number of para-hydroxylation sites is 1. The summed E-state index contributed by atoms with van der Waals surface area (Å²) in [4.78, 5) is 37.9. The van der Waals surface area contributed by atoms with Crippen LogP contribution in [-0.4, -0.2) is 72.7 Å². The Hall–Kier alpha value is -3.27. The molecule has 35 heavy (non-hydrogen) atoms. The summed E-state index contributed by atoms with van der Waals surface area (Å²) < 4.78 is 4.55. The molecule has 1 unspecified atom stereocenters. The van der Waals surface area contributed by atoms with Crippen molar-refractivity contribution in [3.8, 4) is 0 Å². The van der Waals surface area contributed by atoms with E-state index in [1.165, 1.54) is 0 Å². The fourth-order valence-electron chi connectivity index (χ4n) is 3.39. The molecule has 1 aliphatic heterocycles. The number of benzene rings is 2. The lowest BCUT2D eigenvalue weighted by atomic mass is 10.0. The largest absolute Gasteiger partial charge is 0.462 e. The van der Waals surface area contributed by atoms with Crippen LogP contribution < -0.4 is 16.0 Å². The van der Waals surface area contributed by atoms with Crippen LogP contribution in [-0.2, 0) is 25.5 Å². The van der Waals surface area contributed by atoms with Gasteiger partial charge < -0.3 is 25.8 Å². The average Bonchev–Trinajstić information content (AvgIpc) is 2.80. The van der Waals surface area contributed by atoms with Crippen molar-refractivity contribution < 1.29 is 24.2 Å². The van der Waals surface area contributed by atoms with Crippen LogP contribution in [0.4, 0.5) is 11.4 Å². The Kier molecular flexibility index (Phi) is 10.8. The van der Waals surface area contributed by atoms with E-state index in [1.807, 2.05) is 80.3 Å². The number of ether oxygens (including phenoxy) is 1. The van der Waals surface area contributed by atoms with E-state index in [2.05, 4.69) is 10.1 Å². The number of nitrogens with one attached hydrogen (secondary N) is 1. The second-order valence-electron chi connectivity index (χ2n) is 9.20. The number of hydrogen-bond acceptors (Lipinski definition) is 7. The van der Waals surface area contributed by atoms with E-state index in [-0.39, 0.29) is 24.0 Å². The third-order valence-electron chi connectivity index (χ3n) is 5.20. The number of rotatable bonds is 8. The second-order valence-corrected chi connectivity index (χ2v) is 9.20. The maximum atomic E-state index is 12.3. The summed E-state index contributed by atoms with van der Waals surface area (Å²) in [6.45, 7) is 8.13. The number of hydrogen-bond donors (Lipinski definition) is 3. The predicted molar refractivity (Wildman–Crippen MR) is 136 cm³/mol. The van der Waals surface area contributed by atoms with Crippen molar-refractivity contribution in [2.45, 2.75) is 38.8 Å². The summed E-state index contributed by atoms with van der Waals surface area (Å²) in [6.07, 6.45) is 0.414. The van der Waals surface area contributed by atoms with Gasteiger partial charge in [0.2, 0.25) is 11.8 Å².